The summed E-state index contributed by atoms with van der Waals surface area (Å²) in [6, 6.07) is 0. The lowest BCUT2D eigenvalue weighted by molar-refractivity contribution is -0.861. The summed E-state index contributed by atoms with van der Waals surface area (Å²) in [6.45, 7) is 5.11. The number of nitrogens with zero attached hydrogens (tertiary/aromatic N) is 1. The molecule has 0 aromatic carbocycles. The van der Waals surface area contributed by atoms with Crippen LogP contribution < -0.4 is 5.32 Å². The maximum Gasteiger partial charge on any atom is 0.243 e. The van der Waals surface area contributed by atoms with Crippen LogP contribution in [-0.2, 0) is 4.79 Å². The number of carbonyl (C=O) groups excluding carboxylic acids is 1. The van der Waals surface area contributed by atoms with Crippen LogP contribution in [0.25, 0.3) is 0 Å². The Morgan fingerprint density at radius 2 is 2.00 bits per heavy atom. The Morgan fingerprint density at radius 1 is 1.35 bits per heavy atom. The van der Waals surface area contributed by atoms with E-state index in [2.05, 4.69) is 27.8 Å². The molecule has 0 aliphatic carbocycles. The van der Waals surface area contributed by atoms with E-state index in [1.807, 2.05) is 0 Å². The zero-order valence-corrected chi connectivity index (χ0v) is 12.2. The van der Waals surface area contributed by atoms with E-state index < -0.39 is 0 Å². The first-order valence-electron chi connectivity index (χ1n) is 6.03. The molecule has 0 fully saturated rings. The first-order valence-corrected chi connectivity index (χ1v) is 7.16. The zero-order chi connectivity index (χ0) is 13.1. The minimum absolute atomic E-state index is 0.178. The van der Waals surface area contributed by atoms with Crippen molar-refractivity contribution in [2.75, 3.05) is 32.0 Å². The summed E-state index contributed by atoms with van der Waals surface area (Å²) >= 11 is 3.37. The quantitative estimate of drug-likeness (QED) is 0.221. The summed E-state index contributed by atoms with van der Waals surface area (Å²) in [5.41, 5.74) is 0. The number of carbonyl (C=O) groups is 1. The number of hydroxylamine groups is 3. The number of hydrogen-bond acceptors (Lipinski definition) is 2. The molecule has 0 bridgehead atoms. The average molecular weight is 307 g/mol. The van der Waals surface area contributed by atoms with Gasteiger partial charge in [0, 0.05) is 18.3 Å². The standard InChI is InChI=1S/C12H23BrN2O2/c1-3-12(16)14-9-7-11-15(2,17)10-6-4-5-8-13/h3H,1,4-11H2,2H3,(H,14,16). The fourth-order valence-electron chi connectivity index (χ4n) is 1.53. The lowest BCUT2D eigenvalue weighted by Crippen LogP contribution is -2.40. The summed E-state index contributed by atoms with van der Waals surface area (Å²) < 4.78 is -0.216. The fraction of sp³-hybridized carbons (Fsp3) is 0.750. The van der Waals surface area contributed by atoms with Gasteiger partial charge >= 0.3 is 0 Å². The van der Waals surface area contributed by atoms with Crippen molar-refractivity contribution in [2.45, 2.75) is 25.7 Å². The number of nitrogens with one attached hydrogen (secondary N) is 1. The van der Waals surface area contributed by atoms with Gasteiger partial charge in [0.05, 0.1) is 20.1 Å². The summed E-state index contributed by atoms with van der Waals surface area (Å²) in [4.78, 5) is 10.9. The van der Waals surface area contributed by atoms with Crippen molar-refractivity contribution in [3.05, 3.63) is 17.9 Å². The van der Waals surface area contributed by atoms with Gasteiger partial charge in [-0.05, 0) is 25.3 Å². The van der Waals surface area contributed by atoms with Gasteiger partial charge in [-0.15, -0.1) is 0 Å². The van der Waals surface area contributed by atoms with Crippen LogP contribution >= 0.6 is 15.9 Å². The highest BCUT2D eigenvalue weighted by Gasteiger charge is 2.09. The first kappa shape index (κ1) is 16.6. The molecule has 1 unspecified atom stereocenters. The molecule has 17 heavy (non-hydrogen) atoms. The molecule has 0 aliphatic rings. The third-order valence-electron chi connectivity index (χ3n) is 2.56. The topological polar surface area (TPSA) is 52.2 Å². The van der Waals surface area contributed by atoms with E-state index in [1.54, 1.807) is 7.05 Å². The van der Waals surface area contributed by atoms with Crippen LogP contribution in [0.15, 0.2) is 12.7 Å². The second-order valence-electron chi connectivity index (χ2n) is 4.34. The van der Waals surface area contributed by atoms with E-state index in [9.17, 15) is 10.0 Å². The van der Waals surface area contributed by atoms with Crippen molar-refractivity contribution < 1.29 is 9.44 Å². The number of quaternary nitrogens is 1. The van der Waals surface area contributed by atoms with Crippen LogP contribution in [0.4, 0.5) is 0 Å². The third kappa shape index (κ3) is 10.5. The maximum absolute atomic E-state index is 12.0. The highest BCUT2D eigenvalue weighted by Crippen LogP contribution is 2.06. The fourth-order valence-corrected chi connectivity index (χ4v) is 1.92. The molecule has 0 radical (unpaired) electrons. The lowest BCUT2D eigenvalue weighted by atomic mass is 10.2. The molecule has 0 aromatic rings. The van der Waals surface area contributed by atoms with Gasteiger partial charge in [-0.25, -0.2) is 0 Å². The Hall–Kier alpha value is -0.390. The van der Waals surface area contributed by atoms with Crippen molar-refractivity contribution in [1.29, 1.82) is 0 Å². The van der Waals surface area contributed by atoms with Gasteiger partial charge in [0.2, 0.25) is 5.91 Å². The summed E-state index contributed by atoms with van der Waals surface area (Å²) in [6.07, 6.45) is 5.12. The predicted molar refractivity (Wildman–Crippen MR) is 74.8 cm³/mol. The van der Waals surface area contributed by atoms with Gasteiger partial charge in [0.1, 0.15) is 0 Å². The van der Waals surface area contributed by atoms with Crippen molar-refractivity contribution in [1.82, 2.24) is 5.32 Å². The number of amides is 1. The minimum Gasteiger partial charge on any atom is -0.633 e. The van der Waals surface area contributed by atoms with E-state index in [1.165, 1.54) is 6.08 Å². The number of unbranched alkanes of at least 4 members (excludes halogenated alkanes) is 2. The number of rotatable bonds is 10. The molecule has 0 aromatic heterocycles. The van der Waals surface area contributed by atoms with Crippen LogP contribution in [0.3, 0.4) is 0 Å². The summed E-state index contributed by atoms with van der Waals surface area (Å²) in [7, 11) is 1.70. The van der Waals surface area contributed by atoms with Crippen LogP contribution in [0.2, 0.25) is 0 Å². The van der Waals surface area contributed by atoms with E-state index >= 15 is 0 Å². The molecule has 0 aliphatic heterocycles. The summed E-state index contributed by atoms with van der Waals surface area (Å²) in [5, 5.41) is 15.6. The van der Waals surface area contributed by atoms with Crippen LogP contribution in [-0.4, -0.2) is 42.6 Å². The normalized spacial score (nSPS) is 14.1. The highest BCUT2D eigenvalue weighted by molar-refractivity contribution is 9.09. The van der Waals surface area contributed by atoms with Gasteiger partial charge in [-0.1, -0.05) is 22.5 Å². The average Bonchev–Trinajstić information content (AvgIpc) is 2.30. The molecule has 5 heteroatoms. The van der Waals surface area contributed by atoms with Gasteiger partial charge < -0.3 is 15.2 Å². The van der Waals surface area contributed by atoms with Crippen molar-refractivity contribution in [3.8, 4) is 0 Å². The highest BCUT2D eigenvalue weighted by atomic mass is 79.9. The molecule has 4 nitrogen and oxygen atoms in total. The Balaban J connectivity index is 3.56. The van der Waals surface area contributed by atoms with Gasteiger partial charge in [-0.3, -0.25) is 4.79 Å². The van der Waals surface area contributed by atoms with E-state index in [0.29, 0.717) is 26.1 Å². The Labute approximate surface area is 112 Å². The van der Waals surface area contributed by atoms with E-state index in [4.69, 9.17) is 0 Å². The largest absolute Gasteiger partial charge is 0.633 e. The number of hydrogen-bond donors (Lipinski definition) is 1. The van der Waals surface area contributed by atoms with E-state index in [0.717, 1.165) is 24.6 Å². The number of alkyl halides is 1. The molecule has 1 amide bonds. The monoisotopic (exact) mass is 306 g/mol. The van der Waals surface area contributed by atoms with Crippen LogP contribution in [0, 0.1) is 5.21 Å². The van der Waals surface area contributed by atoms with Crippen molar-refractivity contribution in [2.24, 2.45) is 0 Å². The summed E-state index contributed by atoms with van der Waals surface area (Å²) in [5.74, 6) is -0.178. The zero-order valence-electron chi connectivity index (χ0n) is 10.6. The number of halogens is 1. The molecular weight excluding hydrogens is 284 g/mol. The minimum atomic E-state index is -0.216. The molecule has 1 atom stereocenters. The molecule has 1 N–H and O–H groups in total. The van der Waals surface area contributed by atoms with E-state index in [-0.39, 0.29) is 10.6 Å². The molecule has 0 saturated heterocycles. The third-order valence-corrected chi connectivity index (χ3v) is 3.12. The van der Waals surface area contributed by atoms with Gasteiger partial charge in [-0.2, -0.15) is 0 Å². The maximum atomic E-state index is 12.0. The lowest BCUT2D eigenvalue weighted by Gasteiger charge is -2.38. The molecule has 0 rings (SSSR count). The second kappa shape index (κ2) is 9.62. The Bertz CT molecular complexity index is 233. The van der Waals surface area contributed by atoms with Crippen molar-refractivity contribution in [3.63, 3.8) is 0 Å². The molecule has 100 valence electrons. The van der Waals surface area contributed by atoms with Gasteiger partial charge in [0.15, 0.2) is 0 Å². The predicted octanol–water partition coefficient (Wildman–Crippen LogP) is 2.19. The van der Waals surface area contributed by atoms with Crippen LogP contribution in [0.5, 0.6) is 0 Å². The SMILES string of the molecule is C=CC(=O)NCCC[N+](C)([O-])CCCCCBr. The second-order valence-corrected chi connectivity index (χ2v) is 5.14. The molecular formula is C12H23BrN2O2. The molecule has 0 saturated carbocycles. The molecule has 0 heterocycles. The first-order chi connectivity index (χ1) is 8.02. The van der Waals surface area contributed by atoms with Gasteiger partial charge in [0.25, 0.3) is 0 Å². The molecule has 0 spiro atoms. The van der Waals surface area contributed by atoms with Crippen LogP contribution in [0.1, 0.15) is 25.7 Å². The Morgan fingerprint density at radius 3 is 2.59 bits per heavy atom. The smallest absolute Gasteiger partial charge is 0.243 e. The Kier molecular flexibility index (Phi) is 9.40. The van der Waals surface area contributed by atoms with Crippen molar-refractivity contribution >= 4 is 21.8 Å².